The van der Waals surface area contributed by atoms with E-state index in [0.29, 0.717) is 13.1 Å². The van der Waals surface area contributed by atoms with Crippen molar-refractivity contribution in [3.05, 3.63) is 53.6 Å². The van der Waals surface area contributed by atoms with Gasteiger partial charge in [-0.3, -0.25) is 10.00 Å². The van der Waals surface area contributed by atoms with Crippen LogP contribution >= 0.6 is 0 Å². The minimum absolute atomic E-state index is 0.181. The van der Waals surface area contributed by atoms with Crippen molar-refractivity contribution < 1.29 is 13.2 Å². The second kappa shape index (κ2) is 6.03. The maximum absolute atomic E-state index is 12.9. The number of aromatic amines is 2. The lowest BCUT2D eigenvalue weighted by Crippen LogP contribution is -2.28. The highest BCUT2D eigenvalue weighted by atomic mass is 19.4. The smallest absolute Gasteiger partial charge is 0.346 e. The number of alkyl halides is 3. The summed E-state index contributed by atoms with van der Waals surface area (Å²) in [5.41, 5.74) is 2.57. The number of halogens is 3. The topological polar surface area (TPSA) is 60.6 Å². The van der Waals surface area contributed by atoms with Gasteiger partial charge in [0.15, 0.2) is 0 Å². The highest BCUT2D eigenvalue weighted by Gasteiger charge is 2.35. The highest BCUT2D eigenvalue weighted by molar-refractivity contribution is 5.90. The molecule has 0 spiro atoms. The van der Waals surface area contributed by atoms with E-state index in [1.807, 2.05) is 23.2 Å². The molecule has 0 fully saturated rings. The number of rotatable bonds is 3. The number of H-pyrrole nitrogens is 2. The standard InChI is InChI=1S/C17H16F3N5/c18-17(19,20)15-12(8-23-24-15)10-25-6-3-11(4-7-25)14-9-22-16-13(14)2-1-5-21-16/h1-3,5,8-9H,4,6-7,10H2,(H,21,22)(H,23,24). The zero-order valence-electron chi connectivity index (χ0n) is 13.3. The maximum atomic E-state index is 12.9. The van der Waals surface area contributed by atoms with Gasteiger partial charge in [0, 0.05) is 48.5 Å². The summed E-state index contributed by atoms with van der Waals surface area (Å²) in [6, 6.07) is 3.91. The summed E-state index contributed by atoms with van der Waals surface area (Å²) in [5, 5.41) is 6.67. The number of nitrogens with one attached hydrogen (secondary N) is 2. The van der Waals surface area contributed by atoms with Crippen LogP contribution in [0.3, 0.4) is 0 Å². The van der Waals surface area contributed by atoms with Crippen LogP contribution in [0.15, 0.2) is 36.8 Å². The van der Waals surface area contributed by atoms with Crippen molar-refractivity contribution in [2.24, 2.45) is 0 Å². The van der Waals surface area contributed by atoms with Crippen molar-refractivity contribution in [1.29, 1.82) is 0 Å². The van der Waals surface area contributed by atoms with Crippen LogP contribution < -0.4 is 0 Å². The zero-order chi connectivity index (χ0) is 17.4. The van der Waals surface area contributed by atoms with Crippen molar-refractivity contribution in [3.8, 4) is 0 Å². The summed E-state index contributed by atoms with van der Waals surface area (Å²) in [5.74, 6) is 0. The summed E-state index contributed by atoms with van der Waals surface area (Å²) in [4.78, 5) is 9.42. The molecule has 3 aromatic rings. The van der Waals surface area contributed by atoms with Gasteiger partial charge in [-0.25, -0.2) is 4.98 Å². The number of pyridine rings is 1. The van der Waals surface area contributed by atoms with Gasteiger partial charge < -0.3 is 4.98 Å². The number of hydrogen-bond donors (Lipinski definition) is 2. The molecule has 0 unspecified atom stereocenters. The molecule has 8 heteroatoms. The van der Waals surface area contributed by atoms with Crippen LogP contribution in [0.4, 0.5) is 13.2 Å². The van der Waals surface area contributed by atoms with E-state index in [1.165, 1.54) is 11.8 Å². The predicted molar refractivity (Wildman–Crippen MR) is 87.6 cm³/mol. The van der Waals surface area contributed by atoms with E-state index in [1.54, 1.807) is 6.20 Å². The van der Waals surface area contributed by atoms with Crippen molar-refractivity contribution in [3.63, 3.8) is 0 Å². The minimum atomic E-state index is -4.40. The lowest BCUT2D eigenvalue weighted by Gasteiger charge is -2.26. The van der Waals surface area contributed by atoms with E-state index in [9.17, 15) is 13.2 Å². The fourth-order valence-electron chi connectivity index (χ4n) is 3.24. The first kappa shape index (κ1) is 15.9. The lowest BCUT2D eigenvalue weighted by molar-refractivity contribution is -0.142. The molecule has 0 saturated heterocycles. The third-order valence-electron chi connectivity index (χ3n) is 4.49. The molecule has 0 aliphatic carbocycles. The largest absolute Gasteiger partial charge is 0.433 e. The quantitative estimate of drug-likeness (QED) is 0.761. The molecule has 0 amide bonds. The van der Waals surface area contributed by atoms with Crippen molar-refractivity contribution in [1.82, 2.24) is 25.1 Å². The summed E-state index contributed by atoms with van der Waals surface area (Å²) < 4.78 is 38.8. The predicted octanol–water partition coefficient (Wildman–Crippen LogP) is 3.59. The highest BCUT2D eigenvalue weighted by Crippen LogP contribution is 2.32. The van der Waals surface area contributed by atoms with Gasteiger partial charge in [-0.2, -0.15) is 18.3 Å². The molecule has 2 N–H and O–H groups in total. The van der Waals surface area contributed by atoms with Gasteiger partial charge >= 0.3 is 6.18 Å². The van der Waals surface area contributed by atoms with Crippen LogP contribution in [0.2, 0.25) is 0 Å². The van der Waals surface area contributed by atoms with Crippen LogP contribution in [0.5, 0.6) is 0 Å². The monoisotopic (exact) mass is 347 g/mol. The molecule has 0 aromatic carbocycles. The molecule has 3 aromatic heterocycles. The molecule has 0 saturated carbocycles. The van der Waals surface area contributed by atoms with Crippen molar-refractivity contribution >= 4 is 16.6 Å². The van der Waals surface area contributed by atoms with E-state index in [4.69, 9.17) is 0 Å². The van der Waals surface area contributed by atoms with Gasteiger partial charge in [-0.1, -0.05) is 6.08 Å². The second-order valence-electron chi connectivity index (χ2n) is 6.08. The molecule has 0 atom stereocenters. The molecule has 25 heavy (non-hydrogen) atoms. The molecule has 5 nitrogen and oxygen atoms in total. The van der Waals surface area contributed by atoms with Crippen LogP contribution in [-0.2, 0) is 12.7 Å². The molecule has 0 radical (unpaired) electrons. The molecular formula is C17H16F3N5. The van der Waals surface area contributed by atoms with Crippen molar-refractivity contribution in [2.75, 3.05) is 13.1 Å². The van der Waals surface area contributed by atoms with Crippen LogP contribution in [0, 0.1) is 0 Å². The first-order chi connectivity index (χ1) is 12.0. The van der Waals surface area contributed by atoms with Gasteiger partial charge in [0.1, 0.15) is 11.3 Å². The van der Waals surface area contributed by atoms with Gasteiger partial charge in [0.05, 0.1) is 6.20 Å². The fraction of sp³-hybridized carbons (Fsp3) is 0.294. The molecule has 4 heterocycles. The fourth-order valence-corrected chi connectivity index (χ4v) is 3.24. The second-order valence-corrected chi connectivity index (χ2v) is 6.08. The summed E-state index contributed by atoms with van der Waals surface area (Å²) in [6.45, 7) is 1.52. The minimum Gasteiger partial charge on any atom is -0.346 e. The Morgan fingerprint density at radius 2 is 2.16 bits per heavy atom. The van der Waals surface area contributed by atoms with E-state index in [2.05, 4.69) is 26.2 Å². The van der Waals surface area contributed by atoms with Crippen LogP contribution in [-0.4, -0.2) is 38.2 Å². The molecular weight excluding hydrogens is 331 g/mol. The maximum Gasteiger partial charge on any atom is 0.433 e. The van der Waals surface area contributed by atoms with Crippen LogP contribution in [0.1, 0.15) is 23.2 Å². The van der Waals surface area contributed by atoms with E-state index < -0.39 is 11.9 Å². The van der Waals surface area contributed by atoms with Crippen molar-refractivity contribution in [2.45, 2.75) is 19.1 Å². The summed E-state index contributed by atoms with van der Waals surface area (Å²) >= 11 is 0. The van der Waals surface area contributed by atoms with E-state index >= 15 is 0 Å². The van der Waals surface area contributed by atoms with Gasteiger partial charge in [0.25, 0.3) is 0 Å². The third kappa shape index (κ3) is 3.05. The molecule has 1 aliphatic rings. The molecule has 0 bridgehead atoms. The number of nitrogens with zero attached hydrogens (tertiary/aromatic N) is 3. The SMILES string of the molecule is FC(F)(F)c1[nH]ncc1CN1CC=C(c2c[nH]c3ncccc23)CC1. The Hall–Kier alpha value is -2.61. The number of fused-ring (bicyclic) bond motifs is 1. The Balaban J connectivity index is 1.50. The Kier molecular flexibility index (Phi) is 3.84. The first-order valence-corrected chi connectivity index (χ1v) is 7.95. The lowest BCUT2D eigenvalue weighted by atomic mass is 9.99. The third-order valence-corrected chi connectivity index (χ3v) is 4.49. The number of aromatic nitrogens is 4. The molecule has 4 rings (SSSR count). The van der Waals surface area contributed by atoms with E-state index in [0.717, 1.165) is 23.0 Å². The normalized spacial score (nSPS) is 16.4. The Morgan fingerprint density at radius 1 is 1.28 bits per heavy atom. The van der Waals surface area contributed by atoms with Gasteiger partial charge in [-0.05, 0) is 24.1 Å². The summed E-state index contributed by atoms with van der Waals surface area (Å²) in [7, 11) is 0. The Labute approximate surface area is 141 Å². The van der Waals surface area contributed by atoms with Crippen LogP contribution in [0.25, 0.3) is 16.6 Å². The number of hydrogen-bond acceptors (Lipinski definition) is 3. The summed E-state index contributed by atoms with van der Waals surface area (Å²) in [6.07, 6.45) is 3.39. The Morgan fingerprint density at radius 3 is 2.92 bits per heavy atom. The first-order valence-electron chi connectivity index (χ1n) is 7.95. The molecule has 130 valence electrons. The zero-order valence-corrected chi connectivity index (χ0v) is 13.3. The van der Waals surface area contributed by atoms with E-state index in [-0.39, 0.29) is 12.1 Å². The average molecular weight is 347 g/mol. The average Bonchev–Trinajstić information content (AvgIpc) is 3.22. The van der Waals surface area contributed by atoms with Gasteiger partial charge in [-0.15, -0.1) is 0 Å². The van der Waals surface area contributed by atoms with Gasteiger partial charge in [0.2, 0.25) is 0 Å². The molecule has 1 aliphatic heterocycles. The Bertz CT molecular complexity index is 922.